The number of esters is 1. The van der Waals surface area contributed by atoms with Gasteiger partial charge in [-0.1, -0.05) is 66.1 Å². The topological polar surface area (TPSA) is 26.3 Å². The van der Waals surface area contributed by atoms with Crippen molar-refractivity contribution in [2.75, 3.05) is 7.11 Å². The highest BCUT2D eigenvalue weighted by molar-refractivity contribution is 5.69. The predicted molar refractivity (Wildman–Crippen MR) is 101 cm³/mol. The van der Waals surface area contributed by atoms with Crippen LogP contribution in [-0.2, 0) is 9.53 Å². The molecule has 0 N–H and O–H groups in total. The van der Waals surface area contributed by atoms with E-state index in [1.165, 1.54) is 7.11 Å². The van der Waals surface area contributed by atoms with Crippen LogP contribution in [0.15, 0.2) is 0 Å². The van der Waals surface area contributed by atoms with E-state index in [9.17, 15) is 4.79 Å². The number of carbonyl (C=O) groups excluding carboxylic acids is 1. The molecular weight excluding hydrogens is 308 g/mol. The fourth-order valence-corrected chi connectivity index (χ4v) is 1.33. The summed E-state index contributed by atoms with van der Waals surface area (Å²) in [6, 6.07) is 0. The van der Waals surface area contributed by atoms with Gasteiger partial charge in [0.05, 0.1) is 45.6 Å². The molecule has 0 spiro atoms. The zero-order chi connectivity index (χ0) is 18.4. The maximum atomic E-state index is 10.8. The van der Waals surface area contributed by atoms with Gasteiger partial charge in [-0.15, -0.1) is 11.8 Å². The van der Waals surface area contributed by atoms with Crippen molar-refractivity contribution < 1.29 is 9.53 Å². The number of hydrogen-bond donors (Lipinski definition) is 0. The summed E-state index contributed by atoms with van der Waals surface area (Å²) in [7, 11) is 1.37. The lowest BCUT2D eigenvalue weighted by molar-refractivity contribution is -0.140. The Labute approximate surface area is 152 Å². The van der Waals surface area contributed by atoms with Gasteiger partial charge in [-0.05, 0) is 0 Å². The van der Waals surface area contributed by atoms with E-state index >= 15 is 0 Å². The van der Waals surface area contributed by atoms with Crippen molar-refractivity contribution in [3.05, 3.63) is 0 Å². The van der Waals surface area contributed by atoms with Crippen LogP contribution >= 0.6 is 0 Å². The molecule has 0 aliphatic heterocycles. The Morgan fingerprint density at radius 2 is 1.00 bits per heavy atom. The fraction of sp³-hybridized carbons (Fsp3) is 0.435. The van der Waals surface area contributed by atoms with Crippen molar-refractivity contribution in [2.24, 2.45) is 0 Å². The van der Waals surface area contributed by atoms with Crippen molar-refractivity contribution in [1.82, 2.24) is 0 Å². The molecule has 0 saturated heterocycles. The number of rotatable bonds is 2. The molecule has 0 rings (SSSR count). The zero-order valence-corrected chi connectivity index (χ0v) is 15.0. The van der Waals surface area contributed by atoms with Crippen LogP contribution in [0.5, 0.6) is 0 Å². The zero-order valence-electron chi connectivity index (χ0n) is 15.0. The van der Waals surface area contributed by atoms with Gasteiger partial charge in [0.1, 0.15) is 0 Å². The Hall–Kier alpha value is -3.17. The molecule has 2 nitrogen and oxygen atoms in total. The van der Waals surface area contributed by atoms with Gasteiger partial charge in [0.15, 0.2) is 0 Å². The Bertz CT molecular complexity index is 763. The predicted octanol–water partition coefficient (Wildman–Crippen LogP) is 3.32. The first kappa shape index (κ1) is 21.8. The normalized spacial score (nSPS) is 7.12. The van der Waals surface area contributed by atoms with Crippen LogP contribution in [0.3, 0.4) is 0 Å². The van der Waals surface area contributed by atoms with E-state index in [1.807, 2.05) is 6.92 Å². The minimum absolute atomic E-state index is 0.243. The van der Waals surface area contributed by atoms with Gasteiger partial charge < -0.3 is 4.74 Å². The second-order valence-electron chi connectivity index (χ2n) is 4.43. The van der Waals surface area contributed by atoms with Gasteiger partial charge in [-0.2, -0.15) is 0 Å². The van der Waals surface area contributed by atoms with Gasteiger partial charge in [0.2, 0.25) is 0 Å². The highest BCUT2D eigenvalue weighted by atomic mass is 16.5. The summed E-state index contributed by atoms with van der Waals surface area (Å²) in [5.41, 5.74) is 0. The summed E-state index contributed by atoms with van der Waals surface area (Å²) in [6.07, 6.45) is 4.41. The molecule has 0 atom stereocenters. The smallest absolute Gasteiger partial charge is 0.306 e. The first-order valence-electron chi connectivity index (χ1n) is 8.12. The molecule has 0 aromatic carbocycles. The van der Waals surface area contributed by atoms with E-state index < -0.39 is 0 Å². The molecule has 0 aliphatic carbocycles. The van der Waals surface area contributed by atoms with E-state index in [0.29, 0.717) is 44.9 Å². The van der Waals surface area contributed by atoms with Crippen LogP contribution in [0.25, 0.3) is 0 Å². The van der Waals surface area contributed by atoms with E-state index in [1.54, 1.807) is 0 Å². The van der Waals surface area contributed by atoms with Crippen molar-refractivity contribution in [2.45, 2.75) is 58.3 Å². The third kappa shape index (κ3) is 18.8. The van der Waals surface area contributed by atoms with Crippen LogP contribution in [0.2, 0.25) is 0 Å². The Balaban J connectivity index is 3.75. The minimum Gasteiger partial charge on any atom is -0.469 e. The van der Waals surface area contributed by atoms with Crippen molar-refractivity contribution >= 4 is 5.97 Å². The van der Waals surface area contributed by atoms with Gasteiger partial charge in [-0.3, -0.25) is 4.79 Å². The summed E-state index contributed by atoms with van der Waals surface area (Å²) < 4.78 is 4.52. The van der Waals surface area contributed by atoms with Crippen LogP contribution in [-0.4, -0.2) is 13.1 Å². The standard InChI is InChI=1S/C23H22O2/c1-3-4-5-6-7-8-9-10-11-12-13-14-15-16-17-18-19-20-21-22-23(24)25-2/h3,6,9,12,15,18,21-22H2,1-2H3. The Morgan fingerprint density at radius 3 is 1.36 bits per heavy atom. The van der Waals surface area contributed by atoms with Crippen LogP contribution in [0.1, 0.15) is 58.3 Å². The highest BCUT2D eigenvalue weighted by Crippen LogP contribution is 1.89. The monoisotopic (exact) mass is 330 g/mol. The highest BCUT2D eigenvalue weighted by Gasteiger charge is 1.94. The molecule has 0 aliphatic rings. The van der Waals surface area contributed by atoms with Gasteiger partial charge in [-0.25, -0.2) is 0 Å². The third-order valence-electron chi connectivity index (χ3n) is 2.49. The average Bonchev–Trinajstić information content (AvgIpc) is 2.63. The summed E-state index contributed by atoms with van der Waals surface area (Å²) in [4.78, 5) is 10.8. The first-order chi connectivity index (χ1) is 12.3. The summed E-state index contributed by atoms with van der Waals surface area (Å²) in [5, 5.41) is 0. The number of methoxy groups -OCH3 is 1. The number of ether oxygens (including phenoxy) is 1. The van der Waals surface area contributed by atoms with E-state index in [2.05, 4.69) is 75.8 Å². The van der Waals surface area contributed by atoms with Crippen molar-refractivity contribution in [3.63, 3.8) is 0 Å². The number of hydrogen-bond acceptors (Lipinski definition) is 2. The lowest BCUT2D eigenvalue weighted by atomic mass is 10.3. The molecular formula is C23H22O2. The molecule has 126 valence electrons. The van der Waals surface area contributed by atoms with E-state index in [4.69, 9.17) is 0 Å². The second-order valence-corrected chi connectivity index (χ2v) is 4.43. The van der Waals surface area contributed by atoms with Crippen LogP contribution in [0.4, 0.5) is 0 Å². The molecule has 0 bridgehead atoms. The van der Waals surface area contributed by atoms with Crippen molar-refractivity contribution in [3.8, 4) is 71.0 Å². The first-order valence-corrected chi connectivity index (χ1v) is 8.12. The van der Waals surface area contributed by atoms with Gasteiger partial charge >= 0.3 is 5.97 Å². The lowest BCUT2D eigenvalue weighted by Crippen LogP contribution is -1.98. The maximum absolute atomic E-state index is 10.8. The lowest BCUT2D eigenvalue weighted by Gasteiger charge is -1.91. The Morgan fingerprint density at radius 1 is 0.640 bits per heavy atom. The molecule has 0 heterocycles. The van der Waals surface area contributed by atoms with Crippen LogP contribution in [0, 0.1) is 71.0 Å². The molecule has 25 heavy (non-hydrogen) atoms. The molecule has 0 unspecified atom stereocenters. The maximum Gasteiger partial charge on any atom is 0.306 e. The molecule has 0 aromatic heterocycles. The van der Waals surface area contributed by atoms with Gasteiger partial charge in [0, 0.05) is 12.8 Å². The van der Waals surface area contributed by atoms with E-state index in [0.717, 1.165) is 6.42 Å². The molecule has 0 amide bonds. The summed E-state index contributed by atoms with van der Waals surface area (Å²) >= 11 is 0. The molecule has 0 radical (unpaired) electrons. The van der Waals surface area contributed by atoms with Crippen molar-refractivity contribution in [1.29, 1.82) is 0 Å². The minimum atomic E-state index is -0.243. The Kier molecular flexibility index (Phi) is 16.5. The SMILES string of the molecule is CCC#CCC#CCC#CCC#CCC#CCC#CCCC(=O)OC. The van der Waals surface area contributed by atoms with Crippen LogP contribution < -0.4 is 0 Å². The molecule has 2 heteroatoms. The largest absolute Gasteiger partial charge is 0.469 e. The average molecular weight is 330 g/mol. The second kappa shape index (κ2) is 18.9. The van der Waals surface area contributed by atoms with E-state index in [-0.39, 0.29) is 5.97 Å². The van der Waals surface area contributed by atoms with Gasteiger partial charge in [0.25, 0.3) is 0 Å². The summed E-state index contributed by atoms with van der Waals surface area (Å²) in [6.45, 7) is 2.02. The molecule has 0 fully saturated rings. The molecule has 0 aromatic rings. The quantitative estimate of drug-likeness (QED) is 0.573. The summed E-state index contributed by atoms with van der Waals surface area (Å²) in [5.74, 6) is 35.0. The fourth-order valence-electron chi connectivity index (χ4n) is 1.33. The third-order valence-corrected chi connectivity index (χ3v) is 2.49. The molecule has 0 saturated carbocycles. The number of carbonyl (C=O) groups is 1.